The van der Waals surface area contributed by atoms with Gasteiger partial charge in [0.25, 0.3) is 0 Å². The zero-order valence-electron chi connectivity index (χ0n) is 15.2. The molecule has 4 heteroatoms. The van der Waals surface area contributed by atoms with Crippen molar-refractivity contribution < 1.29 is 9.59 Å². The van der Waals surface area contributed by atoms with Crippen LogP contribution in [0.15, 0.2) is 54.6 Å². The number of carbonyl (C=O) groups is 2. The van der Waals surface area contributed by atoms with Crippen LogP contribution in [0.2, 0.25) is 0 Å². The summed E-state index contributed by atoms with van der Waals surface area (Å²) in [5.74, 6) is -0.178. The molecule has 0 bridgehead atoms. The molecule has 0 fully saturated rings. The third kappa shape index (κ3) is 5.45. The van der Waals surface area contributed by atoms with Crippen LogP contribution >= 0.6 is 0 Å². The van der Waals surface area contributed by atoms with Gasteiger partial charge in [-0.05, 0) is 31.4 Å². The van der Waals surface area contributed by atoms with Crippen LogP contribution in [0.3, 0.4) is 0 Å². The third-order valence-electron chi connectivity index (χ3n) is 4.34. The summed E-state index contributed by atoms with van der Waals surface area (Å²) in [5.41, 5.74) is 3.25. The van der Waals surface area contributed by atoms with Crippen LogP contribution in [0, 0.1) is 6.92 Å². The normalized spacial score (nSPS) is 11.6. The highest BCUT2D eigenvalue weighted by Gasteiger charge is 2.25. The molecule has 4 nitrogen and oxygen atoms in total. The molecule has 0 spiro atoms. The lowest BCUT2D eigenvalue weighted by atomic mass is 10.1. The van der Waals surface area contributed by atoms with Crippen molar-refractivity contribution in [3.63, 3.8) is 0 Å². The Bertz CT molecular complexity index is 713. The van der Waals surface area contributed by atoms with Gasteiger partial charge in [0.15, 0.2) is 0 Å². The molecule has 0 aliphatic rings. The minimum absolute atomic E-state index is 0.0300. The van der Waals surface area contributed by atoms with E-state index in [9.17, 15) is 9.59 Å². The lowest BCUT2D eigenvalue weighted by Gasteiger charge is -2.28. The van der Waals surface area contributed by atoms with Crippen molar-refractivity contribution in [2.24, 2.45) is 0 Å². The van der Waals surface area contributed by atoms with Crippen LogP contribution in [0.5, 0.6) is 0 Å². The van der Waals surface area contributed by atoms with Gasteiger partial charge in [0.2, 0.25) is 11.8 Å². The molecule has 2 rings (SSSR count). The van der Waals surface area contributed by atoms with Gasteiger partial charge in [-0.1, -0.05) is 60.2 Å². The molecule has 25 heavy (non-hydrogen) atoms. The third-order valence-corrected chi connectivity index (χ3v) is 4.34. The highest BCUT2D eigenvalue weighted by atomic mass is 16.2. The second kappa shape index (κ2) is 9.02. The molecule has 0 aliphatic carbocycles. The Morgan fingerprint density at radius 1 is 1.04 bits per heavy atom. The van der Waals surface area contributed by atoms with Crippen molar-refractivity contribution in [3.05, 3.63) is 71.3 Å². The highest BCUT2D eigenvalue weighted by Crippen LogP contribution is 2.11. The molecule has 0 saturated carbocycles. The smallest absolute Gasteiger partial charge is 0.242 e. The summed E-state index contributed by atoms with van der Waals surface area (Å²) in [4.78, 5) is 26.6. The van der Waals surface area contributed by atoms with Gasteiger partial charge in [0, 0.05) is 13.6 Å². The average molecular weight is 338 g/mol. The lowest BCUT2D eigenvalue weighted by molar-refractivity contribution is -0.139. The van der Waals surface area contributed by atoms with Crippen molar-refractivity contribution in [3.8, 4) is 0 Å². The number of carbonyl (C=O) groups excluding carboxylic acids is 2. The van der Waals surface area contributed by atoms with Crippen molar-refractivity contribution in [2.45, 2.75) is 32.7 Å². The molecule has 0 radical (unpaired) electrons. The van der Waals surface area contributed by atoms with Gasteiger partial charge in [0.1, 0.15) is 6.04 Å². The molecule has 1 N–H and O–H groups in total. The van der Waals surface area contributed by atoms with Crippen molar-refractivity contribution in [1.82, 2.24) is 10.2 Å². The average Bonchev–Trinajstić information content (AvgIpc) is 2.62. The first-order chi connectivity index (χ1) is 12.0. The van der Waals surface area contributed by atoms with Gasteiger partial charge >= 0.3 is 0 Å². The van der Waals surface area contributed by atoms with Crippen LogP contribution < -0.4 is 5.32 Å². The summed E-state index contributed by atoms with van der Waals surface area (Å²) >= 11 is 0. The molecule has 132 valence electrons. The fraction of sp³-hybridized carbons (Fsp3) is 0.333. The van der Waals surface area contributed by atoms with E-state index in [0.29, 0.717) is 13.0 Å². The van der Waals surface area contributed by atoms with E-state index in [0.717, 1.165) is 23.1 Å². The van der Waals surface area contributed by atoms with Gasteiger partial charge in [-0.25, -0.2) is 0 Å². The molecule has 0 unspecified atom stereocenters. The zero-order chi connectivity index (χ0) is 18.2. The second-order valence-electron chi connectivity index (χ2n) is 6.28. The Hall–Kier alpha value is -2.62. The molecule has 0 saturated heterocycles. The molecule has 0 heterocycles. The quantitative estimate of drug-likeness (QED) is 0.844. The van der Waals surface area contributed by atoms with E-state index in [1.807, 2.05) is 61.5 Å². The second-order valence-corrected chi connectivity index (χ2v) is 6.28. The first-order valence-corrected chi connectivity index (χ1v) is 8.62. The Kier molecular flexibility index (Phi) is 6.75. The number of rotatable bonds is 7. The molecule has 0 aliphatic heterocycles. The fourth-order valence-corrected chi connectivity index (χ4v) is 2.88. The number of aryl methyl sites for hydroxylation is 1. The maximum absolute atomic E-state index is 12.9. The predicted octanol–water partition coefficient (Wildman–Crippen LogP) is 2.74. The highest BCUT2D eigenvalue weighted by molar-refractivity contribution is 5.88. The summed E-state index contributed by atoms with van der Waals surface area (Å²) in [6, 6.07) is 17.4. The summed E-state index contributed by atoms with van der Waals surface area (Å²) in [6.45, 7) is 4.30. The first-order valence-electron chi connectivity index (χ1n) is 8.62. The van der Waals surface area contributed by atoms with Crippen LogP contribution in [-0.2, 0) is 22.4 Å². The largest absolute Gasteiger partial charge is 0.357 e. The van der Waals surface area contributed by atoms with E-state index in [-0.39, 0.29) is 11.8 Å². The van der Waals surface area contributed by atoms with E-state index in [2.05, 4.69) is 5.32 Å². The monoisotopic (exact) mass is 338 g/mol. The van der Waals surface area contributed by atoms with E-state index in [1.54, 1.807) is 18.9 Å². The Morgan fingerprint density at radius 3 is 2.36 bits per heavy atom. The first kappa shape index (κ1) is 18.7. The number of hydrogen-bond donors (Lipinski definition) is 1. The van der Waals surface area contributed by atoms with Gasteiger partial charge in [0.05, 0.1) is 6.42 Å². The van der Waals surface area contributed by atoms with Crippen molar-refractivity contribution in [2.75, 3.05) is 13.6 Å². The van der Waals surface area contributed by atoms with Gasteiger partial charge < -0.3 is 10.2 Å². The number of likely N-dealkylation sites (N-methyl/N-ethyl adjacent to an activating group) is 1. The number of nitrogens with one attached hydrogen (secondary N) is 1. The SMILES string of the molecule is CNC(=O)[C@@H](C)N(CCc1ccccc1)C(=O)Cc1cccc(C)c1. The molecule has 1 atom stereocenters. The number of amides is 2. The maximum atomic E-state index is 12.9. The minimum Gasteiger partial charge on any atom is -0.357 e. The minimum atomic E-state index is -0.494. The number of benzene rings is 2. The Balaban J connectivity index is 2.12. The molecule has 2 aromatic rings. The molecule has 2 aromatic carbocycles. The van der Waals surface area contributed by atoms with E-state index in [4.69, 9.17) is 0 Å². The van der Waals surface area contributed by atoms with E-state index < -0.39 is 6.04 Å². The molecular formula is C21H26N2O2. The summed E-state index contributed by atoms with van der Waals surface area (Å²) in [7, 11) is 1.60. The Labute approximate surface area is 149 Å². The summed E-state index contributed by atoms with van der Waals surface area (Å²) in [6.07, 6.45) is 1.03. The van der Waals surface area contributed by atoms with E-state index in [1.165, 1.54) is 0 Å². The van der Waals surface area contributed by atoms with Crippen molar-refractivity contribution in [1.29, 1.82) is 0 Å². The fourth-order valence-electron chi connectivity index (χ4n) is 2.88. The standard InChI is InChI=1S/C21H26N2O2/c1-16-8-7-11-19(14-16)15-20(24)23(17(2)21(25)22-3)13-12-18-9-5-4-6-10-18/h4-11,14,17H,12-13,15H2,1-3H3,(H,22,25)/t17-/m1/s1. The molecule has 2 amide bonds. The van der Waals surface area contributed by atoms with Crippen LogP contribution in [0.1, 0.15) is 23.6 Å². The summed E-state index contributed by atoms with van der Waals surface area (Å²) in [5, 5.41) is 2.64. The van der Waals surface area contributed by atoms with Crippen LogP contribution in [-0.4, -0.2) is 36.3 Å². The molecule has 0 aromatic heterocycles. The number of hydrogen-bond acceptors (Lipinski definition) is 2. The van der Waals surface area contributed by atoms with Gasteiger partial charge in [-0.15, -0.1) is 0 Å². The van der Waals surface area contributed by atoms with Crippen LogP contribution in [0.4, 0.5) is 0 Å². The maximum Gasteiger partial charge on any atom is 0.242 e. The predicted molar refractivity (Wildman–Crippen MR) is 100 cm³/mol. The van der Waals surface area contributed by atoms with Gasteiger partial charge in [-0.3, -0.25) is 9.59 Å². The number of nitrogens with zero attached hydrogens (tertiary/aromatic N) is 1. The molecular weight excluding hydrogens is 312 g/mol. The summed E-state index contributed by atoms with van der Waals surface area (Å²) < 4.78 is 0. The Morgan fingerprint density at radius 2 is 1.72 bits per heavy atom. The van der Waals surface area contributed by atoms with Crippen molar-refractivity contribution >= 4 is 11.8 Å². The topological polar surface area (TPSA) is 49.4 Å². The van der Waals surface area contributed by atoms with Gasteiger partial charge in [-0.2, -0.15) is 0 Å². The van der Waals surface area contributed by atoms with Crippen LogP contribution in [0.25, 0.3) is 0 Å². The lowest BCUT2D eigenvalue weighted by Crippen LogP contribution is -2.48. The zero-order valence-corrected chi connectivity index (χ0v) is 15.2. The van der Waals surface area contributed by atoms with E-state index >= 15 is 0 Å².